The highest BCUT2D eigenvalue weighted by Crippen LogP contribution is 2.51. The third kappa shape index (κ3) is 1.80. The number of hydrogen-bond donors (Lipinski definition) is 2. The molecule has 0 aliphatic carbocycles. The molecule has 7 heteroatoms. The standard InChI is InChI=1S/C10H12N2O4S/c1-10(3-2-5(11)13)8(9(15)16)12-6(14)4-7(12)17-10/h2-3,7-8H,4H2,1H3,(H2,11,13)(H,15,16)/t7-,8+,10+/m1/s1. The Bertz CT molecular complexity index is 436. The number of fused-ring (bicyclic) bond motifs is 1. The maximum absolute atomic E-state index is 11.4. The number of aliphatic carboxylic acids is 1. The molecule has 6 nitrogen and oxygen atoms in total. The predicted molar refractivity (Wildman–Crippen MR) is 61.0 cm³/mol. The van der Waals surface area contributed by atoms with Crippen molar-refractivity contribution in [2.24, 2.45) is 5.73 Å². The fourth-order valence-corrected chi connectivity index (χ4v) is 3.84. The van der Waals surface area contributed by atoms with E-state index in [1.54, 1.807) is 6.92 Å². The Morgan fingerprint density at radius 3 is 2.76 bits per heavy atom. The zero-order chi connectivity index (χ0) is 12.8. The molecule has 0 aromatic heterocycles. The number of thioether (sulfide) groups is 1. The first-order valence-corrected chi connectivity index (χ1v) is 5.93. The lowest BCUT2D eigenvalue weighted by molar-refractivity contribution is -0.156. The van der Waals surface area contributed by atoms with Crippen LogP contribution in [0.1, 0.15) is 13.3 Å². The second-order valence-corrected chi connectivity index (χ2v) is 5.90. The average molecular weight is 256 g/mol. The largest absolute Gasteiger partial charge is 0.480 e. The van der Waals surface area contributed by atoms with Crippen molar-refractivity contribution in [3.8, 4) is 0 Å². The average Bonchev–Trinajstić information content (AvgIpc) is 2.45. The van der Waals surface area contributed by atoms with Gasteiger partial charge in [0.2, 0.25) is 11.8 Å². The summed E-state index contributed by atoms with van der Waals surface area (Å²) in [6.45, 7) is 1.70. The van der Waals surface area contributed by atoms with E-state index < -0.39 is 22.7 Å². The van der Waals surface area contributed by atoms with Gasteiger partial charge in [-0.25, -0.2) is 4.79 Å². The molecule has 3 atom stereocenters. The minimum absolute atomic E-state index is 0.105. The van der Waals surface area contributed by atoms with Crippen molar-refractivity contribution in [2.45, 2.75) is 29.5 Å². The van der Waals surface area contributed by atoms with Gasteiger partial charge in [0, 0.05) is 6.08 Å². The number of carbonyl (C=O) groups is 3. The van der Waals surface area contributed by atoms with Gasteiger partial charge in [-0.2, -0.15) is 0 Å². The van der Waals surface area contributed by atoms with Crippen LogP contribution in [-0.2, 0) is 14.4 Å². The summed E-state index contributed by atoms with van der Waals surface area (Å²) in [5, 5.41) is 9.09. The molecule has 2 heterocycles. The van der Waals surface area contributed by atoms with Crippen molar-refractivity contribution in [2.75, 3.05) is 0 Å². The zero-order valence-corrected chi connectivity index (χ0v) is 9.94. The molecule has 0 bridgehead atoms. The van der Waals surface area contributed by atoms with Gasteiger partial charge in [-0.15, -0.1) is 11.8 Å². The number of carbonyl (C=O) groups excluding carboxylic acids is 2. The van der Waals surface area contributed by atoms with E-state index in [-0.39, 0.29) is 11.3 Å². The van der Waals surface area contributed by atoms with Crippen LogP contribution in [0.2, 0.25) is 0 Å². The van der Waals surface area contributed by atoms with Crippen LogP contribution in [0.3, 0.4) is 0 Å². The van der Waals surface area contributed by atoms with Crippen LogP contribution in [0.25, 0.3) is 0 Å². The van der Waals surface area contributed by atoms with E-state index >= 15 is 0 Å². The first kappa shape index (κ1) is 12.0. The Labute approximate surface area is 102 Å². The molecular weight excluding hydrogens is 244 g/mol. The van der Waals surface area contributed by atoms with Crippen molar-refractivity contribution in [3.05, 3.63) is 12.2 Å². The molecule has 3 N–H and O–H groups in total. The molecule has 2 rings (SSSR count). The smallest absolute Gasteiger partial charge is 0.328 e. The normalized spacial score (nSPS) is 35.8. The maximum atomic E-state index is 11.4. The molecule has 2 saturated heterocycles. The summed E-state index contributed by atoms with van der Waals surface area (Å²) >= 11 is 1.37. The van der Waals surface area contributed by atoms with Crippen molar-refractivity contribution in [1.82, 2.24) is 4.90 Å². The van der Waals surface area contributed by atoms with Gasteiger partial charge in [0.25, 0.3) is 0 Å². The van der Waals surface area contributed by atoms with E-state index in [1.807, 2.05) is 0 Å². The van der Waals surface area contributed by atoms with E-state index in [0.29, 0.717) is 6.42 Å². The second-order valence-electron chi connectivity index (χ2n) is 4.24. The van der Waals surface area contributed by atoms with Crippen molar-refractivity contribution in [3.63, 3.8) is 0 Å². The fourth-order valence-electron chi connectivity index (χ4n) is 2.19. The highest BCUT2D eigenvalue weighted by atomic mass is 32.2. The SMILES string of the molecule is C[C@@]1(C=CC(N)=O)S[C@@H]2CC(=O)N2[C@H]1C(=O)O. The van der Waals surface area contributed by atoms with Gasteiger partial charge in [0.15, 0.2) is 0 Å². The lowest BCUT2D eigenvalue weighted by Crippen LogP contribution is -2.57. The minimum Gasteiger partial charge on any atom is -0.480 e. The molecule has 0 radical (unpaired) electrons. The van der Waals surface area contributed by atoms with E-state index in [9.17, 15) is 19.5 Å². The molecule has 2 fully saturated rings. The fraction of sp³-hybridized carbons (Fsp3) is 0.500. The number of carboxylic acids is 1. The number of nitrogens with zero attached hydrogens (tertiary/aromatic N) is 1. The molecule has 2 amide bonds. The molecule has 92 valence electrons. The number of hydrogen-bond acceptors (Lipinski definition) is 4. The molecule has 0 saturated carbocycles. The van der Waals surface area contributed by atoms with Gasteiger partial charge in [-0.1, -0.05) is 6.08 Å². The Balaban J connectivity index is 2.30. The third-order valence-electron chi connectivity index (χ3n) is 2.97. The predicted octanol–water partition coefficient (Wildman–Crippen LogP) is -0.455. The maximum Gasteiger partial charge on any atom is 0.328 e. The minimum atomic E-state index is -1.07. The number of primary amides is 1. The second kappa shape index (κ2) is 3.76. The zero-order valence-electron chi connectivity index (χ0n) is 9.12. The van der Waals surface area contributed by atoms with E-state index in [4.69, 9.17) is 5.73 Å². The van der Waals surface area contributed by atoms with Gasteiger partial charge in [-0.05, 0) is 6.92 Å². The number of amides is 2. The van der Waals surface area contributed by atoms with E-state index in [2.05, 4.69) is 0 Å². The number of carboxylic acid groups (broad SMARTS) is 1. The lowest BCUT2D eigenvalue weighted by atomic mass is 9.96. The van der Waals surface area contributed by atoms with Crippen LogP contribution in [-0.4, -0.2) is 44.0 Å². The Morgan fingerprint density at radius 2 is 2.29 bits per heavy atom. The van der Waals surface area contributed by atoms with Crippen LogP contribution < -0.4 is 5.73 Å². The van der Waals surface area contributed by atoms with Crippen LogP contribution >= 0.6 is 11.8 Å². The van der Waals surface area contributed by atoms with Crippen molar-refractivity contribution < 1.29 is 19.5 Å². The van der Waals surface area contributed by atoms with Gasteiger partial charge in [0.05, 0.1) is 16.5 Å². The van der Waals surface area contributed by atoms with Gasteiger partial charge in [0.1, 0.15) is 6.04 Å². The monoisotopic (exact) mass is 256 g/mol. The van der Waals surface area contributed by atoms with Gasteiger partial charge >= 0.3 is 5.97 Å². The summed E-state index contributed by atoms with van der Waals surface area (Å²) in [7, 11) is 0. The number of β-lactam (4-membered cyclic amide) rings is 1. The Hall–Kier alpha value is -1.50. The molecule has 0 unspecified atom stereocenters. The molecule has 0 aromatic rings. The summed E-state index contributed by atoms with van der Waals surface area (Å²) in [6, 6.07) is -0.936. The van der Waals surface area contributed by atoms with E-state index in [1.165, 1.54) is 22.7 Å². The van der Waals surface area contributed by atoms with Crippen molar-refractivity contribution >= 4 is 29.5 Å². The summed E-state index contributed by atoms with van der Waals surface area (Å²) < 4.78 is -0.808. The van der Waals surface area contributed by atoms with Crippen LogP contribution in [0, 0.1) is 0 Å². The Kier molecular flexibility index (Phi) is 2.65. The summed E-state index contributed by atoms with van der Waals surface area (Å²) in [4.78, 5) is 34.7. The summed E-state index contributed by atoms with van der Waals surface area (Å²) in [5.74, 6) is -1.85. The van der Waals surface area contributed by atoms with E-state index in [0.717, 1.165) is 6.08 Å². The molecule has 2 aliphatic heterocycles. The molecule has 17 heavy (non-hydrogen) atoms. The van der Waals surface area contributed by atoms with Crippen LogP contribution in [0.4, 0.5) is 0 Å². The molecule has 0 aromatic carbocycles. The molecule has 0 spiro atoms. The van der Waals surface area contributed by atoms with Gasteiger partial charge in [-0.3, -0.25) is 9.59 Å². The summed E-state index contributed by atoms with van der Waals surface area (Å²) in [5.41, 5.74) is 5.00. The first-order valence-electron chi connectivity index (χ1n) is 5.05. The quantitative estimate of drug-likeness (QED) is 0.526. The first-order chi connectivity index (χ1) is 7.85. The number of rotatable bonds is 3. The summed E-state index contributed by atoms with van der Waals surface area (Å²) in [6.07, 6.45) is 2.98. The van der Waals surface area contributed by atoms with Gasteiger partial charge < -0.3 is 15.7 Å². The van der Waals surface area contributed by atoms with Crippen molar-refractivity contribution in [1.29, 1.82) is 0 Å². The number of nitrogens with two attached hydrogens (primary N) is 1. The lowest BCUT2D eigenvalue weighted by Gasteiger charge is -2.36. The molecule has 2 aliphatic rings. The third-order valence-corrected chi connectivity index (χ3v) is 4.50. The topological polar surface area (TPSA) is 101 Å². The highest BCUT2D eigenvalue weighted by Gasteiger charge is 2.59. The highest BCUT2D eigenvalue weighted by molar-refractivity contribution is 8.01. The van der Waals surface area contributed by atoms with Crippen LogP contribution in [0.15, 0.2) is 12.2 Å². The molecular formula is C10H12N2O4S. The Morgan fingerprint density at radius 1 is 1.65 bits per heavy atom. The van der Waals surface area contributed by atoms with Crippen LogP contribution in [0.5, 0.6) is 0 Å².